The highest BCUT2D eigenvalue weighted by Gasteiger charge is 2.14. The van der Waals surface area contributed by atoms with Crippen LogP contribution in [0.1, 0.15) is 25.7 Å². The molecule has 0 radical (unpaired) electrons. The van der Waals surface area contributed by atoms with E-state index in [1.54, 1.807) is 7.11 Å². The van der Waals surface area contributed by atoms with E-state index in [0.717, 1.165) is 31.8 Å². The summed E-state index contributed by atoms with van der Waals surface area (Å²) < 4.78 is 11.0. The number of aromatic nitrogens is 2. The van der Waals surface area contributed by atoms with Crippen molar-refractivity contribution in [3.05, 3.63) is 6.33 Å². The lowest BCUT2D eigenvalue weighted by Crippen LogP contribution is -2.22. The molecule has 1 atom stereocenters. The molecule has 19 heavy (non-hydrogen) atoms. The standard InChI is InChI=1S/C13H22N4O2/c1-14-12-11(18-2)13(17-9-16-12)15-7-6-10-5-3-4-8-19-10/h9-10H,3-8H2,1-2H3,(H2,14,15,16,17). The van der Waals surface area contributed by atoms with E-state index in [4.69, 9.17) is 9.47 Å². The summed E-state index contributed by atoms with van der Waals surface area (Å²) in [6.07, 6.45) is 6.50. The number of nitrogens with zero attached hydrogens (tertiary/aromatic N) is 2. The highest BCUT2D eigenvalue weighted by atomic mass is 16.5. The zero-order valence-corrected chi connectivity index (χ0v) is 11.6. The zero-order chi connectivity index (χ0) is 13.5. The van der Waals surface area contributed by atoms with Crippen LogP contribution in [0.3, 0.4) is 0 Å². The van der Waals surface area contributed by atoms with Crippen molar-refractivity contribution < 1.29 is 9.47 Å². The summed E-state index contributed by atoms with van der Waals surface area (Å²) in [4.78, 5) is 8.33. The molecule has 6 heteroatoms. The third-order valence-electron chi connectivity index (χ3n) is 3.28. The highest BCUT2D eigenvalue weighted by molar-refractivity contribution is 5.63. The van der Waals surface area contributed by atoms with Gasteiger partial charge in [-0.1, -0.05) is 0 Å². The molecular formula is C13H22N4O2. The van der Waals surface area contributed by atoms with E-state index in [9.17, 15) is 0 Å². The Hall–Kier alpha value is -1.56. The van der Waals surface area contributed by atoms with Gasteiger partial charge >= 0.3 is 0 Å². The van der Waals surface area contributed by atoms with Gasteiger partial charge in [0.25, 0.3) is 0 Å². The molecule has 0 aromatic carbocycles. The topological polar surface area (TPSA) is 68.3 Å². The molecule has 2 rings (SSSR count). The van der Waals surface area contributed by atoms with Crippen LogP contribution in [0.25, 0.3) is 0 Å². The van der Waals surface area contributed by atoms with Crippen molar-refractivity contribution in [2.24, 2.45) is 0 Å². The summed E-state index contributed by atoms with van der Waals surface area (Å²) >= 11 is 0. The normalized spacial score (nSPS) is 18.9. The maximum Gasteiger partial charge on any atom is 0.204 e. The number of hydrogen-bond acceptors (Lipinski definition) is 6. The average Bonchev–Trinajstić information content (AvgIpc) is 2.48. The predicted molar refractivity (Wildman–Crippen MR) is 74.8 cm³/mol. The van der Waals surface area contributed by atoms with Gasteiger partial charge in [0, 0.05) is 20.2 Å². The zero-order valence-electron chi connectivity index (χ0n) is 11.6. The Labute approximate surface area is 113 Å². The fourth-order valence-corrected chi connectivity index (χ4v) is 2.26. The number of hydrogen-bond donors (Lipinski definition) is 2. The van der Waals surface area contributed by atoms with Crippen LogP contribution >= 0.6 is 0 Å². The van der Waals surface area contributed by atoms with Gasteiger partial charge in [0.2, 0.25) is 5.75 Å². The van der Waals surface area contributed by atoms with E-state index >= 15 is 0 Å². The monoisotopic (exact) mass is 266 g/mol. The molecule has 1 saturated heterocycles. The molecular weight excluding hydrogens is 244 g/mol. The maximum atomic E-state index is 5.70. The van der Waals surface area contributed by atoms with Crippen LogP contribution in [0.15, 0.2) is 6.33 Å². The van der Waals surface area contributed by atoms with Crippen molar-refractivity contribution in [3.8, 4) is 5.75 Å². The van der Waals surface area contributed by atoms with Crippen molar-refractivity contribution in [1.29, 1.82) is 0 Å². The smallest absolute Gasteiger partial charge is 0.204 e. The molecule has 106 valence electrons. The van der Waals surface area contributed by atoms with Gasteiger partial charge in [0.1, 0.15) is 6.33 Å². The average molecular weight is 266 g/mol. The van der Waals surface area contributed by atoms with Crippen molar-refractivity contribution in [2.45, 2.75) is 31.8 Å². The summed E-state index contributed by atoms with van der Waals surface area (Å²) in [5.74, 6) is 2.06. The molecule has 1 fully saturated rings. The van der Waals surface area contributed by atoms with E-state index in [1.807, 2.05) is 7.05 Å². The van der Waals surface area contributed by atoms with Crippen LogP contribution in [0.4, 0.5) is 11.6 Å². The molecule has 0 amide bonds. The van der Waals surface area contributed by atoms with Gasteiger partial charge in [-0.15, -0.1) is 0 Å². The van der Waals surface area contributed by atoms with Crippen LogP contribution in [0.2, 0.25) is 0 Å². The third kappa shape index (κ3) is 3.70. The SMILES string of the molecule is CNc1ncnc(NCCC2CCCCO2)c1OC. The molecule has 6 nitrogen and oxygen atoms in total. The van der Waals surface area contributed by atoms with Crippen LogP contribution in [0.5, 0.6) is 5.75 Å². The Morgan fingerprint density at radius 3 is 2.89 bits per heavy atom. The van der Waals surface area contributed by atoms with Crippen molar-refractivity contribution >= 4 is 11.6 Å². The lowest BCUT2D eigenvalue weighted by atomic mass is 10.1. The van der Waals surface area contributed by atoms with E-state index in [1.165, 1.54) is 19.2 Å². The van der Waals surface area contributed by atoms with Gasteiger partial charge in [-0.25, -0.2) is 9.97 Å². The Kier molecular flexibility index (Phi) is 5.20. The molecule has 2 heterocycles. The largest absolute Gasteiger partial charge is 0.490 e. The molecule has 0 spiro atoms. The summed E-state index contributed by atoms with van der Waals surface area (Å²) in [5.41, 5.74) is 0. The first-order valence-corrected chi connectivity index (χ1v) is 6.77. The van der Waals surface area contributed by atoms with Gasteiger partial charge in [-0.2, -0.15) is 0 Å². The van der Waals surface area contributed by atoms with Gasteiger partial charge in [0.15, 0.2) is 11.6 Å². The molecule has 1 aromatic heterocycles. The van der Waals surface area contributed by atoms with Gasteiger partial charge in [0.05, 0.1) is 13.2 Å². The Balaban J connectivity index is 1.88. The lowest BCUT2D eigenvalue weighted by molar-refractivity contribution is 0.0134. The fraction of sp³-hybridized carbons (Fsp3) is 0.692. The second kappa shape index (κ2) is 7.13. The summed E-state index contributed by atoms with van der Waals surface area (Å²) in [6, 6.07) is 0. The van der Waals surface area contributed by atoms with E-state index in [-0.39, 0.29) is 0 Å². The molecule has 1 aliphatic heterocycles. The minimum Gasteiger partial charge on any atom is -0.490 e. The minimum absolute atomic E-state index is 0.373. The highest BCUT2D eigenvalue weighted by Crippen LogP contribution is 2.28. The van der Waals surface area contributed by atoms with E-state index in [2.05, 4.69) is 20.6 Å². The number of ether oxygens (including phenoxy) is 2. The summed E-state index contributed by atoms with van der Waals surface area (Å²) in [5, 5.41) is 6.28. The van der Waals surface area contributed by atoms with Crippen molar-refractivity contribution in [1.82, 2.24) is 9.97 Å². The molecule has 1 aliphatic rings. The van der Waals surface area contributed by atoms with Crippen LogP contribution in [-0.4, -0.2) is 43.4 Å². The molecule has 0 bridgehead atoms. The molecule has 0 aliphatic carbocycles. The molecule has 2 N–H and O–H groups in total. The van der Waals surface area contributed by atoms with Crippen LogP contribution < -0.4 is 15.4 Å². The molecule has 1 unspecified atom stereocenters. The van der Waals surface area contributed by atoms with E-state index < -0.39 is 0 Å². The molecule has 1 aromatic rings. The number of anilines is 2. The number of methoxy groups -OCH3 is 1. The maximum absolute atomic E-state index is 5.70. The van der Waals surface area contributed by atoms with Crippen LogP contribution in [0, 0.1) is 0 Å². The predicted octanol–water partition coefficient (Wildman–Crippen LogP) is 1.90. The first kappa shape index (κ1) is 13.9. The molecule has 0 saturated carbocycles. The first-order chi connectivity index (χ1) is 9.35. The summed E-state index contributed by atoms with van der Waals surface area (Å²) in [6.45, 7) is 1.71. The Morgan fingerprint density at radius 2 is 2.21 bits per heavy atom. The second-order valence-corrected chi connectivity index (χ2v) is 4.56. The van der Waals surface area contributed by atoms with Gasteiger partial charge in [-0.05, 0) is 25.7 Å². The third-order valence-corrected chi connectivity index (χ3v) is 3.28. The Bertz CT molecular complexity index is 394. The van der Waals surface area contributed by atoms with Crippen molar-refractivity contribution in [2.75, 3.05) is 37.9 Å². The lowest BCUT2D eigenvalue weighted by Gasteiger charge is -2.22. The van der Waals surface area contributed by atoms with Crippen LogP contribution in [-0.2, 0) is 4.74 Å². The van der Waals surface area contributed by atoms with Crippen molar-refractivity contribution in [3.63, 3.8) is 0 Å². The Morgan fingerprint density at radius 1 is 1.37 bits per heavy atom. The quantitative estimate of drug-likeness (QED) is 0.819. The van der Waals surface area contributed by atoms with Gasteiger partial charge in [-0.3, -0.25) is 0 Å². The number of rotatable bonds is 6. The minimum atomic E-state index is 0.373. The van der Waals surface area contributed by atoms with Gasteiger partial charge < -0.3 is 20.1 Å². The number of nitrogens with one attached hydrogen (secondary N) is 2. The summed E-state index contributed by atoms with van der Waals surface area (Å²) in [7, 11) is 3.43. The fourth-order valence-electron chi connectivity index (χ4n) is 2.26. The second-order valence-electron chi connectivity index (χ2n) is 4.56. The first-order valence-electron chi connectivity index (χ1n) is 6.77. The van der Waals surface area contributed by atoms with E-state index in [0.29, 0.717) is 17.7 Å².